The van der Waals surface area contributed by atoms with Gasteiger partial charge in [0.05, 0.1) is 18.2 Å². The number of benzene rings is 2. The summed E-state index contributed by atoms with van der Waals surface area (Å²) >= 11 is 3.65. The van der Waals surface area contributed by atoms with Gasteiger partial charge in [0.2, 0.25) is 0 Å². The summed E-state index contributed by atoms with van der Waals surface area (Å²) in [5.74, 6) is -0.337. The van der Waals surface area contributed by atoms with Crippen LogP contribution in [0.15, 0.2) is 47.1 Å². The maximum atomic E-state index is 11.6. The number of aromatic nitrogens is 2. The van der Waals surface area contributed by atoms with E-state index in [-0.39, 0.29) is 5.97 Å². The highest BCUT2D eigenvalue weighted by Crippen LogP contribution is 2.30. The zero-order chi connectivity index (χ0) is 20.3. The summed E-state index contributed by atoms with van der Waals surface area (Å²) in [6.45, 7) is 8.25. The smallest absolute Gasteiger partial charge is 0.337 e. The van der Waals surface area contributed by atoms with E-state index in [0.29, 0.717) is 12.3 Å². The van der Waals surface area contributed by atoms with Crippen LogP contribution in [-0.2, 0) is 16.2 Å². The zero-order valence-corrected chi connectivity index (χ0v) is 19.2. The minimum atomic E-state index is -1.09. The Labute approximate surface area is 174 Å². The molecule has 0 radical (unpaired) electrons. The number of ether oxygens (including phenoxy) is 2. The largest absolute Gasteiger partial charge is 0.465 e. The number of carbonyl (C=O) groups excluding carboxylic acids is 1. The Morgan fingerprint density at radius 1 is 1.14 bits per heavy atom. The van der Waals surface area contributed by atoms with Gasteiger partial charge in [0, 0.05) is 30.7 Å². The van der Waals surface area contributed by atoms with Gasteiger partial charge in [0.25, 0.3) is 0 Å². The molecule has 0 bridgehead atoms. The molecule has 0 N–H and O–H groups in total. The van der Waals surface area contributed by atoms with Crippen molar-refractivity contribution in [1.82, 2.24) is 9.78 Å². The van der Waals surface area contributed by atoms with Crippen molar-refractivity contribution in [1.29, 1.82) is 0 Å². The van der Waals surface area contributed by atoms with Gasteiger partial charge in [-0.05, 0) is 41.4 Å². The van der Waals surface area contributed by atoms with Crippen molar-refractivity contribution in [3.05, 3.63) is 52.6 Å². The normalized spacial score (nSPS) is 11.8. The highest BCUT2D eigenvalue weighted by molar-refractivity contribution is 9.10. The molecule has 0 spiro atoms. The van der Waals surface area contributed by atoms with Crippen molar-refractivity contribution >= 4 is 40.9 Å². The lowest BCUT2D eigenvalue weighted by Crippen LogP contribution is -2.22. The Hall–Kier alpha value is -1.96. The molecular weight excluding hydrogens is 436 g/mol. The lowest BCUT2D eigenvalue weighted by Gasteiger charge is -2.15. The van der Waals surface area contributed by atoms with E-state index >= 15 is 0 Å². The van der Waals surface area contributed by atoms with Crippen LogP contribution in [0.3, 0.4) is 0 Å². The first kappa shape index (κ1) is 20.8. The third-order valence-corrected chi connectivity index (χ3v) is 6.84. The van der Waals surface area contributed by atoms with Crippen molar-refractivity contribution in [2.75, 3.05) is 13.7 Å². The van der Waals surface area contributed by atoms with E-state index in [1.54, 1.807) is 12.1 Å². The lowest BCUT2D eigenvalue weighted by atomic mass is 10.0. The molecule has 0 aliphatic heterocycles. The molecule has 0 aliphatic carbocycles. The van der Waals surface area contributed by atoms with E-state index < -0.39 is 8.07 Å². The molecule has 0 unspecified atom stereocenters. The molecule has 1 aromatic heterocycles. The highest BCUT2D eigenvalue weighted by atomic mass is 79.9. The number of rotatable bonds is 7. The molecule has 5 nitrogen and oxygen atoms in total. The lowest BCUT2D eigenvalue weighted by molar-refractivity contribution is 0.0600. The van der Waals surface area contributed by atoms with E-state index in [1.165, 1.54) is 7.11 Å². The summed E-state index contributed by atoms with van der Waals surface area (Å²) in [4.78, 5) is 11.6. The fourth-order valence-electron chi connectivity index (χ4n) is 2.82. The Kier molecular flexibility index (Phi) is 6.37. The minimum absolute atomic E-state index is 0.337. The number of carbonyl (C=O) groups is 1. The Morgan fingerprint density at radius 3 is 2.50 bits per heavy atom. The summed E-state index contributed by atoms with van der Waals surface area (Å²) < 4.78 is 13.4. The van der Waals surface area contributed by atoms with Crippen molar-refractivity contribution in [2.24, 2.45) is 0 Å². The predicted octanol–water partition coefficient (Wildman–Crippen LogP) is 5.56. The van der Waals surface area contributed by atoms with Crippen LogP contribution in [0, 0.1) is 0 Å². The molecule has 0 amide bonds. The third kappa shape index (κ3) is 5.10. The number of halogens is 1. The molecule has 7 heteroatoms. The van der Waals surface area contributed by atoms with Crippen LogP contribution in [0.4, 0.5) is 0 Å². The first-order valence-electron chi connectivity index (χ1n) is 9.20. The van der Waals surface area contributed by atoms with Gasteiger partial charge >= 0.3 is 5.97 Å². The summed E-state index contributed by atoms with van der Waals surface area (Å²) in [6, 6.07) is 12.6. The summed E-state index contributed by atoms with van der Waals surface area (Å²) in [7, 11) is 0.295. The molecule has 1 heterocycles. The van der Waals surface area contributed by atoms with Gasteiger partial charge in [-0.3, -0.25) is 0 Å². The summed E-state index contributed by atoms with van der Waals surface area (Å²) in [5, 5.41) is 5.70. The number of nitrogens with zero attached hydrogens (tertiary/aromatic N) is 2. The molecule has 3 rings (SSSR count). The quantitative estimate of drug-likeness (QED) is 0.263. The van der Waals surface area contributed by atoms with Gasteiger partial charge in [-0.1, -0.05) is 47.7 Å². The van der Waals surface area contributed by atoms with Crippen LogP contribution in [-0.4, -0.2) is 37.5 Å². The Bertz CT molecular complexity index is 978. The second-order valence-corrected chi connectivity index (χ2v) is 14.5. The standard InChI is InChI=1S/C21H25BrN2O3Si/c1-26-21(25)16-7-5-15(6-8-16)17-11-19(22)18-13-24(23-20(18)12-17)14-27-9-10-28(2,3)4/h5-8,11-13H,9-10,14H2,1-4H3. The second-order valence-electron chi connectivity index (χ2n) is 7.98. The van der Waals surface area contributed by atoms with Crippen LogP contribution in [0.1, 0.15) is 10.4 Å². The maximum absolute atomic E-state index is 11.6. The first-order valence-corrected chi connectivity index (χ1v) is 13.7. The monoisotopic (exact) mass is 460 g/mol. The van der Waals surface area contributed by atoms with E-state index in [9.17, 15) is 4.79 Å². The molecule has 0 atom stereocenters. The summed E-state index contributed by atoms with van der Waals surface area (Å²) in [6.07, 6.45) is 2.00. The second kappa shape index (κ2) is 8.59. The molecule has 2 aromatic carbocycles. The highest BCUT2D eigenvalue weighted by Gasteiger charge is 2.13. The average Bonchev–Trinajstić information content (AvgIpc) is 3.07. The predicted molar refractivity (Wildman–Crippen MR) is 118 cm³/mol. The Balaban J connectivity index is 1.78. The number of methoxy groups -OCH3 is 1. The van der Waals surface area contributed by atoms with Crippen LogP contribution in [0.5, 0.6) is 0 Å². The molecule has 0 saturated carbocycles. The molecular formula is C21H25BrN2O3Si. The van der Waals surface area contributed by atoms with E-state index in [2.05, 4.69) is 46.7 Å². The number of fused-ring (bicyclic) bond motifs is 1. The molecule has 3 aromatic rings. The maximum Gasteiger partial charge on any atom is 0.337 e. The van der Waals surface area contributed by atoms with E-state index in [1.807, 2.05) is 29.1 Å². The van der Waals surface area contributed by atoms with Gasteiger partial charge in [0.1, 0.15) is 6.73 Å². The van der Waals surface area contributed by atoms with Crippen LogP contribution < -0.4 is 0 Å². The molecule has 0 aliphatic rings. The van der Waals surface area contributed by atoms with Crippen molar-refractivity contribution in [2.45, 2.75) is 32.4 Å². The van der Waals surface area contributed by atoms with Gasteiger partial charge in [-0.25, -0.2) is 9.48 Å². The topological polar surface area (TPSA) is 53.4 Å². The fourth-order valence-corrected chi connectivity index (χ4v) is 4.12. The van der Waals surface area contributed by atoms with Gasteiger partial charge in [-0.15, -0.1) is 0 Å². The first-order chi connectivity index (χ1) is 13.3. The zero-order valence-electron chi connectivity index (χ0n) is 16.7. The van der Waals surface area contributed by atoms with Crippen LogP contribution in [0.2, 0.25) is 25.7 Å². The summed E-state index contributed by atoms with van der Waals surface area (Å²) in [5.41, 5.74) is 3.47. The number of hydrogen-bond donors (Lipinski definition) is 0. The third-order valence-electron chi connectivity index (χ3n) is 4.48. The van der Waals surface area contributed by atoms with Gasteiger partial charge < -0.3 is 9.47 Å². The van der Waals surface area contributed by atoms with E-state index in [4.69, 9.17) is 9.47 Å². The van der Waals surface area contributed by atoms with Crippen molar-refractivity contribution < 1.29 is 14.3 Å². The Morgan fingerprint density at radius 2 is 1.86 bits per heavy atom. The van der Waals surface area contributed by atoms with Gasteiger partial charge in [-0.2, -0.15) is 5.10 Å². The average molecular weight is 461 g/mol. The molecule has 148 valence electrons. The number of hydrogen-bond acceptors (Lipinski definition) is 4. The molecule has 0 saturated heterocycles. The van der Waals surface area contributed by atoms with Crippen molar-refractivity contribution in [3.8, 4) is 11.1 Å². The van der Waals surface area contributed by atoms with Crippen LogP contribution in [0.25, 0.3) is 22.0 Å². The van der Waals surface area contributed by atoms with Crippen LogP contribution >= 0.6 is 15.9 Å². The molecule has 0 fully saturated rings. The number of esters is 1. The van der Waals surface area contributed by atoms with Crippen molar-refractivity contribution in [3.63, 3.8) is 0 Å². The fraction of sp³-hybridized carbons (Fsp3) is 0.333. The molecule has 28 heavy (non-hydrogen) atoms. The van der Waals surface area contributed by atoms with E-state index in [0.717, 1.165) is 39.2 Å². The van der Waals surface area contributed by atoms with Gasteiger partial charge in [0.15, 0.2) is 0 Å². The minimum Gasteiger partial charge on any atom is -0.465 e. The SMILES string of the molecule is COC(=O)c1ccc(-c2cc(Br)c3cn(COCC[Si](C)(C)C)nc3c2)cc1.